The number of carbonyl (C=O) groups excluding carboxylic acids is 1. The van der Waals surface area contributed by atoms with Crippen LogP contribution in [0, 0.1) is 13.8 Å². The van der Waals surface area contributed by atoms with Gasteiger partial charge in [-0.25, -0.2) is 4.68 Å². The first-order valence-corrected chi connectivity index (χ1v) is 7.47. The molecule has 0 bridgehead atoms. The summed E-state index contributed by atoms with van der Waals surface area (Å²) in [5.74, 6) is 1.08. The van der Waals surface area contributed by atoms with E-state index in [0.29, 0.717) is 5.76 Å². The molecule has 0 unspecified atom stereocenters. The highest BCUT2D eigenvalue weighted by Gasteiger charge is 2.36. The van der Waals surface area contributed by atoms with Gasteiger partial charge in [0.25, 0.3) is 5.91 Å². The van der Waals surface area contributed by atoms with Gasteiger partial charge in [-0.05, 0) is 32.8 Å². The van der Waals surface area contributed by atoms with Crippen molar-refractivity contribution in [3.05, 3.63) is 34.9 Å². The molecule has 0 spiro atoms. The lowest BCUT2D eigenvalue weighted by atomic mass is 10.0. The molecule has 1 saturated heterocycles. The van der Waals surface area contributed by atoms with Crippen molar-refractivity contribution in [3.63, 3.8) is 0 Å². The van der Waals surface area contributed by atoms with Crippen molar-refractivity contribution in [2.75, 3.05) is 13.7 Å². The van der Waals surface area contributed by atoms with Crippen LogP contribution in [0.15, 0.2) is 16.7 Å². The van der Waals surface area contributed by atoms with E-state index in [-0.39, 0.29) is 11.9 Å². The molecule has 1 atom stereocenters. The summed E-state index contributed by atoms with van der Waals surface area (Å²) >= 11 is 0. The van der Waals surface area contributed by atoms with Crippen molar-refractivity contribution in [1.29, 1.82) is 0 Å². The lowest BCUT2D eigenvalue weighted by Gasteiger charge is -2.24. The highest BCUT2D eigenvalue weighted by molar-refractivity contribution is 5.93. The number of carbonyl (C=O) groups is 1. The van der Waals surface area contributed by atoms with Gasteiger partial charge < -0.3 is 14.1 Å². The zero-order chi connectivity index (χ0) is 15.9. The molecule has 3 heterocycles. The molecule has 0 saturated carbocycles. The molecule has 3 rings (SSSR count). The highest BCUT2D eigenvalue weighted by atomic mass is 16.5. The van der Waals surface area contributed by atoms with Gasteiger partial charge in [0.15, 0.2) is 5.76 Å². The average Bonchev–Trinajstić information content (AvgIpc) is 3.16. The maximum absolute atomic E-state index is 12.8. The minimum absolute atomic E-state index is 0.0133. The van der Waals surface area contributed by atoms with Crippen LogP contribution in [0.1, 0.15) is 46.3 Å². The molecular weight excluding hydrogens is 282 g/mol. The quantitative estimate of drug-likeness (QED) is 0.874. The van der Waals surface area contributed by atoms with E-state index >= 15 is 0 Å². The minimum Gasteiger partial charge on any atom is -0.481 e. The Labute approximate surface area is 129 Å². The Hall–Kier alpha value is -2.24. The van der Waals surface area contributed by atoms with Gasteiger partial charge in [-0.3, -0.25) is 4.79 Å². The number of rotatable bonds is 3. The van der Waals surface area contributed by atoms with Crippen LogP contribution >= 0.6 is 0 Å². The van der Waals surface area contributed by atoms with Gasteiger partial charge in [-0.15, -0.1) is 0 Å². The molecular formula is C16H21N3O3. The number of amides is 1. The maximum Gasteiger partial charge on any atom is 0.290 e. The summed E-state index contributed by atoms with van der Waals surface area (Å²) in [5, 5.41) is 4.43. The fourth-order valence-electron chi connectivity index (χ4n) is 3.31. The normalized spacial score (nSPS) is 18.0. The molecule has 1 fully saturated rings. The van der Waals surface area contributed by atoms with Gasteiger partial charge in [-0.2, -0.15) is 5.10 Å². The van der Waals surface area contributed by atoms with E-state index in [1.54, 1.807) is 18.1 Å². The summed E-state index contributed by atoms with van der Waals surface area (Å²) in [6, 6.07) is 1.80. The van der Waals surface area contributed by atoms with E-state index in [1.807, 2.05) is 31.9 Å². The molecule has 118 valence electrons. The Bertz CT molecular complexity index is 702. The predicted octanol–water partition coefficient (Wildman–Crippen LogP) is 2.62. The number of nitrogens with zero attached hydrogens (tertiary/aromatic N) is 3. The van der Waals surface area contributed by atoms with E-state index in [1.165, 1.54) is 0 Å². The summed E-state index contributed by atoms with van der Waals surface area (Å²) in [7, 11) is 3.49. The van der Waals surface area contributed by atoms with Gasteiger partial charge in [0.2, 0.25) is 5.88 Å². The number of hydrogen-bond donors (Lipinski definition) is 0. The molecule has 2 aromatic heterocycles. The molecule has 1 aliphatic rings. The third-order valence-corrected chi connectivity index (χ3v) is 4.31. The van der Waals surface area contributed by atoms with Crippen LogP contribution in [0.3, 0.4) is 0 Å². The smallest absolute Gasteiger partial charge is 0.290 e. The molecule has 0 radical (unpaired) electrons. The number of ether oxygens (including phenoxy) is 1. The monoisotopic (exact) mass is 303 g/mol. The molecule has 22 heavy (non-hydrogen) atoms. The van der Waals surface area contributed by atoms with Gasteiger partial charge in [0.05, 0.1) is 30.7 Å². The number of aryl methyl sites for hydroxylation is 3. The highest BCUT2D eigenvalue weighted by Crippen LogP contribution is 2.39. The van der Waals surface area contributed by atoms with E-state index in [0.717, 1.165) is 42.1 Å². The summed E-state index contributed by atoms with van der Waals surface area (Å²) < 4.78 is 12.6. The molecule has 1 aliphatic heterocycles. The number of methoxy groups -OCH3 is 1. The fraction of sp³-hybridized carbons (Fsp3) is 0.500. The first-order valence-electron chi connectivity index (χ1n) is 7.47. The van der Waals surface area contributed by atoms with E-state index < -0.39 is 0 Å². The third kappa shape index (κ3) is 2.19. The van der Waals surface area contributed by atoms with Crippen LogP contribution in [-0.2, 0) is 7.05 Å². The Morgan fingerprint density at radius 3 is 2.86 bits per heavy atom. The topological polar surface area (TPSA) is 60.5 Å². The van der Waals surface area contributed by atoms with Crippen molar-refractivity contribution in [2.24, 2.45) is 7.05 Å². The standard InChI is InChI=1S/C16H21N3O3/c1-10-7-9-22-14(10)15(20)19-8-5-6-12(19)13-11(2)17-18(3)16(13)21-4/h7,9,12H,5-6,8H2,1-4H3/t12-/m0/s1. The van der Waals surface area contributed by atoms with Crippen LogP contribution < -0.4 is 4.74 Å². The molecule has 6 nitrogen and oxygen atoms in total. The second-order valence-electron chi connectivity index (χ2n) is 5.72. The van der Waals surface area contributed by atoms with Crippen LogP contribution in [0.2, 0.25) is 0 Å². The van der Waals surface area contributed by atoms with Gasteiger partial charge in [0, 0.05) is 19.2 Å². The Morgan fingerprint density at radius 1 is 1.45 bits per heavy atom. The van der Waals surface area contributed by atoms with E-state index in [4.69, 9.17) is 9.15 Å². The van der Waals surface area contributed by atoms with Crippen LogP contribution in [0.5, 0.6) is 5.88 Å². The lowest BCUT2D eigenvalue weighted by Crippen LogP contribution is -2.31. The summed E-state index contributed by atoms with van der Waals surface area (Å²) in [6.07, 6.45) is 3.44. The summed E-state index contributed by atoms with van der Waals surface area (Å²) in [5.41, 5.74) is 2.77. The number of hydrogen-bond acceptors (Lipinski definition) is 4. The van der Waals surface area contributed by atoms with Gasteiger partial charge in [0.1, 0.15) is 0 Å². The average molecular weight is 303 g/mol. The fourth-order valence-corrected chi connectivity index (χ4v) is 3.31. The number of furan rings is 1. The predicted molar refractivity (Wildman–Crippen MR) is 81.0 cm³/mol. The van der Waals surface area contributed by atoms with E-state index in [2.05, 4.69) is 5.10 Å². The van der Waals surface area contributed by atoms with Crippen molar-refractivity contribution in [1.82, 2.24) is 14.7 Å². The number of aromatic nitrogens is 2. The first-order chi connectivity index (χ1) is 10.5. The number of likely N-dealkylation sites (tertiary alicyclic amines) is 1. The van der Waals surface area contributed by atoms with Crippen LogP contribution in [0.25, 0.3) is 0 Å². The molecule has 0 aromatic carbocycles. The zero-order valence-electron chi connectivity index (χ0n) is 13.4. The molecule has 2 aromatic rings. The second kappa shape index (κ2) is 5.51. The minimum atomic E-state index is -0.0599. The summed E-state index contributed by atoms with van der Waals surface area (Å²) in [4.78, 5) is 14.7. The Morgan fingerprint density at radius 2 is 2.23 bits per heavy atom. The molecule has 0 N–H and O–H groups in total. The van der Waals surface area contributed by atoms with Gasteiger partial charge in [-0.1, -0.05) is 0 Å². The van der Waals surface area contributed by atoms with Crippen molar-refractivity contribution < 1.29 is 13.9 Å². The first kappa shape index (κ1) is 14.7. The van der Waals surface area contributed by atoms with Gasteiger partial charge >= 0.3 is 0 Å². The van der Waals surface area contributed by atoms with Crippen molar-refractivity contribution in [2.45, 2.75) is 32.7 Å². The molecule has 6 heteroatoms. The Balaban J connectivity index is 1.98. The van der Waals surface area contributed by atoms with Crippen molar-refractivity contribution >= 4 is 5.91 Å². The van der Waals surface area contributed by atoms with Crippen molar-refractivity contribution in [3.8, 4) is 5.88 Å². The SMILES string of the molecule is COc1c([C@@H]2CCCN2C(=O)c2occc2C)c(C)nn1C. The lowest BCUT2D eigenvalue weighted by molar-refractivity contribution is 0.0700. The zero-order valence-corrected chi connectivity index (χ0v) is 13.4. The maximum atomic E-state index is 12.8. The largest absolute Gasteiger partial charge is 0.481 e. The van der Waals surface area contributed by atoms with Crippen LogP contribution in [-0.4, -0.2) is 34.2 Å². The molecule has 1 amide bonds. The second-order valence-corrected chi connectivity index (χ2v) is 5.72. The summed E-state index contributed by atoms with van der Waals surface area (Å²) in [6.45, 7) is 4.57. The van der Waals surface area contributed by atoms with Crippen LogP contribution in [0.4, 0.5) is 0 Å². The Kier molecular flexibility index (Phi) is 3.68. The third-order valence-electron chi connectivity index (χ3n) is 4.31. The molecule has 0 aliphatic carbocycles. The van der Waals surface area contributed by atoms with E-state index in [9.17, 15) is 4.79 Å².